The van der Waals surface area contributed by atoms with E-state index < -0.39 is 0 Å². The number of thiocarbonyl (C=S) groups is 1. The lowest BCUT2D eigenvalue weighted by Gasteiger charge is -2.05. The standard InChI is InChI=1S/C16H15N3O2S/c1-21-15(20)14-7-3-6-13(9-14)12-5-2-4-11(8-12)10-18-19-16(17)22/h2-10H,1H3,(H3,17,19,22). The number of carbonyl (C=O) groups is 1. The Morgan fingerprint density at radius 2 is 1.91 bits per heavy atom. The van der Waals surface area contributed by atoms with Crippen LogP contribution < -0.4 is 11.2 Å². The number of hydrazone groups is 1. The number of rotatable bonds is 4. The van der Waals surface area contributed by atoms with Gasteiger partial charge in [-0.05, 0) is 47.1 Å². The summed E-state index contributed by atoms with van der Waals surface area (Å²) in [4.78, 5) is 11.6. The van der Waals surface area contributed by atoms with Gasteiger partial charge >= 0.3 is 5.97 Å². The predicted molar refractivity (Wildman–Crippen MR) is 90.7 cm³/mol. The summed E-state index contributed by atoms with van der Waals surface area (Å²) in [6, 6.07) is 14.9. The summed E-state index contributed by atoms with van der Waals surface area (Å²) in [6.07, 6.45) is 1.62. The van der Waals surface area contributed by atoms with Crippen LogP contribution in [0.1, 0.15) is 15.9 Å². The minimum atomic E-state index is -0.361. The Kier molecular flexibility index (Phi) is 5.21. The summed E-state index contributed by atoms with van der Waals surface area (Å²) in [5.74, 6) is -0.361. The van der Waals surface area contributed by atoms with Crippen molar-refractivity contribution in [1.29, 1.82) is 0 Å². The first-order valence-corrected chi connectivity index (χ1v) is 6.88. The molecule has 0 fully saturated rings. The average molecular weight is 313 g/mol. The summed E-state index contributed by atoms with van der Waals surface area (Å²) in [7, 11) is 1.36. The van der Waals surface area contributed by atoms with Gasteiger partial charge in [0.05, 0.1) is 18.9 Å². The lowest BCUT2D eigenvalue weighted by molar-refractivity contribution is 0.0601. The van der Waals surface area contributed by atoms with Gasteiger partial charge in [-0.25, -0.2) is 4.79 Å². The van der Waals surface area contributed by atoms with Gasteiger partial charge in [-0.15, -0.1) is 0 Å². The third-order valence-corrected chi connectivity index (χ3v) is 2.98. The fourth-order valence-corrected chi connectivity index (χ4v) is 1.97. The Hall–Kier alpha value is -2.73. The number of carbonyl (C=O) groups excluding carboxylic acids is 1. The third-order valence-electron chi connectivity index (χ3n) is 2.89. The number of nitrogens with zero attached hydrogens (tertiary/aromatic N) is 1. The molecule has 2 rings (SSSR count). The fraction of sp³-hybridized carbons (Fsp3) is 0.0625. The van der Waals surface area contributed by atoms with Gasteiger partial charge in [-0.3, -0.25) is 5.43 Å². The molecule has 0 saturated carbocycles. The Balaban J connectivity index is 2.28. The molecule has 0 aliphatic carbocycles. The maximum Gasteiger partial charge on any atom is 0.337 e. The second kappa shape index (κ2) is 7.33. The van der Waals surface area contributed by atoms with Crippen molar-refractivity contribution in [2.75, 3.05) is 7.11 Å². The molecule has 0 bridgehead atoms. The highest BCUT2D eigenvalue weighted by molar-refractivity contribution is 7.80. The van der Waals surface area contributed by atoms with Crippen molar-refractivity contribution in [3.05, 3.63) is 59.7 Å². The zero-order chi connectivity index (χ0) is 15.9. The number of esters is 1. The lowest BCUT2D eigenvalue weighted by atomic mass is 10.0. The van der Waals surface area contributed by atoms with Crippen LogP contribution in [0.3, 0.4) is 0 Å². The first-order valence-electron chi connectivity index (χ1n) is 6.47. The van der Waals surface area contributed by atoms with E-state index in [0.29, 0.717) is 5.56 Å². The van der Waals surface area contributed by atoms with Crippen molar-refractivity contribution >= 4 is 29.5 Å². The van der Waals surface area contributed by atoms with Crippen molar-refractivity contribution in [3.8, 4) is 11.1 Å². The molecule has 0 aromatic heterocycles. The molecule has 0 atom stereocenters. The van der Waals surface area contributed by atoms with Crippen LogP contribution in [0.25, 0.3) is 11.1 Å². The number of nitrogens with one attached hydrogen (secondary N) is 1. The number of hydrogen-bond acceptors (Lipinski definition) is 4. The summed E-state index contributed by atoms with van der Waals surface area (Å²) in [5, 5.41) is 4.03. The van der Waals surface area contributed by atoms with E-state index in [-0.39, 0.29) is 11.1 Å². The summed E-state index contributed by atoms with van der Waals surface area (Å²) in [6.45, 7) is 0. The van der Waals surface area contributed by atoms with Gasteiger partial charge in [0.1, 0.15) is 0 Å². The van der Waals surface area contributed by atoms with Crippen LogP contribution >= 0.6 is 12.2 Å². The van der Waals surface area contributed by atoms with E-state index in [1.54, 1.807) is 18.3 Å². The monoisotopic (exact) mass is 313 g/mol. The molecular formula is C16H15N3O2S. The summed E-state index contributed by atoms with van der Waals surface area (Å²) < 4.78 is 4.73. The second-order valence-corrected chi connectivity index (χ2v) is 4.87. The molecule has 0 aliphatic rings. The summed E-state index contributed by atoms with van der Waals surface area (Å²) >= 11 is 4.67. The van der Waals surface area contributed by atoms with Gasteiger partial charge < -0.3 is 10.5 Å². The van der Waals surface area contributed by atoms with Crippen LogP contribution in [0.5, 0.6) is 0 Å². The van der Waals surface area contributed by atoms with Gasteiger partial charge in [0.2, 0.25) is 0 Å². The molecule has 2 aromatic carbocycles. The maximum absolute atomic E-state index is 11.6. The van der Waals surface area contributed by atoms with Gasteiger partial charge in [0.25, 0.3) is 0 Å². The van der Waals surface area contributed by atoms with E-state index in [2.05, 4.69) is 22.7 Å². The highest BCUT2D eigenvalue weighted by Crippen LogP contribution is 2.21. The van der Waals surface area contributed by atoms with Crippen LogP contribution in [-0.2, 0) is 4.74 Å². The van der Waals surface area contributed by atoms with E-state index in [9.17, 15) is 4.79 Å². The van der Waals surface area contributed by atoms with Crippen LogP contribution in [-0.4, -0.2) is 24.4 Å². The zero-order valence-corrected chi connectivity index (χ0v) is 12.8. The minimum Gasteiger partial charge on any atom is -0.465 e. The Bertz CT molecular complexity index is 729. The number of benzene rings is 2. The SMILES string of the molecule is COC(=O)c1cccc(-c2cccc(C=NNC(N)=S)c2)c1. The largest absolute Gasteiger partial charge is 0.465 e. The minimum absolute atomic E-state index is 0.109. The average Bonchev–Trinajstić information content (AvgIpc) is 2.54. The van der Waals surface area contributed by atoms with Crippen LogP contribution in [0.4, 0.5) is 0 Å². The lowest BCUT2D eigenvalue weighted by Crippen LogP contribution is -2.23. The van der Waals surface area contributed by atoms with E-state index in [1.165, 1.54) is 7.11 Å². The number of hydrogen-bond donors (Lipinski definition) is 2. The number of ether oxygens (including phenoxy) is 1. The Morgan fingerprint density at radius 3 is 2.59 bits per heavy atom. The molecule has 0 saturated heterocycles. The van der Waals surface area contributed by atoms with Crippen molar-refractivity contribution in [3.63, 3.8) is 0 Å². The first kappa shape index (κ1) is 15.7. The van der Waals surface area contributed by atoms with Crippen molar-refractivity contribution in [2.24, 2.45) is 10.8 Å². The molecule has 0 unspecified atom stereocenters. The van der Waals surface area contributed by atoms with Crippen molar-refractivity contribution < 1.29 is 9.53 Å². The van der Waals surface area contributed by atoms with Crippen LogP contribution in [0.2, 0.25) is 0 Å². The summed E-state index contributed by atoms with van der Waals surface area (Å²) in [5.41, 5.74) is 11.1. The molecular weight excluding hydrogens is 298 g/mol. The normalized spacial score (nSPS) is 10.4. The molecule has 0 heterocycles. The van der Waals surface area contributed by atoms with Gasteiger partial charge in [-0.2, -0.15) is 5.10 Å². The quantitative estimate of drug-likeness (QED) is 0.392. The molecule has 0 spiro atoms. The maximum atomic E-state index is 11.6. The predicted octanol–water partition coefficient (Wildman–Crippen LogP) is 2.31. The van der Waals surface area contributed by atoms with Gasteiger partial charge in [-0.1, -0.05) is 30.3 Å². The van der Waals surface area contributed by atoms with E-state index in [1.807, 2.05) is 36.4 Å². The zero-order valence-electron chi connectivity index (χ0n) is 11.9. The number of methoxy groups -OCH3 is 1. The van der Waals surface area contributed by atoms with E-state index >= 15 is 0 Å². The molecule has 112 valence electrons. The highest BCUT2D eigenvalue weighted by Gasteiger charge is 2.06. The van der Waals surface area contributed by atoms with E-state index in [4.69, 9.17) is 10.5 Å². The Morgan fingerprint density at radius 1 is 1.23 bits per heavy atom. The van der Waals surface area contributed by atoms with Crippen LogP contribution in [0.15, 0.2) is 53.6 Å². The molecule has 0 radical (unpaired) electrons. The topological polar surface area (TPSA) is 76.7 Å². The molecule has 22 heavy (non-hydrogen) atoms. The molecule has 3 N–H and O–H groups in total. The van der Waals surface area contributed by atoms with Crippen molar-refractivity contribution in [2.45, 2.75) is 0 Å². The molecule has 6 heteroatoms. The third kappa shape index (κ3) is 4.13. The molecule has 5 nitrogen and oxygen atoms in total. The molecule has 0 aliphatic heterocycles. The van der Waals surface area contributed by atoms with Gasteiger partial charge in [0.15, 0.2) is 5.11 Å². The molecule has 2 aromatic rings. The fourth-order valence-electron chi connectivity index (χ4n) is 1.91. The van der Waals surface area contributed by atoms with Gasteiger partial charge in [0, 0.05) is 0 Å². The van der Waals surface area contributed by atoms with Crippen molar-refractivity contribution in [1.82, 2.24) is 5.43 Å². The first-order chi connectivity index (χ1) is 10.6. The second-order valence-electron chi connectivity index (χ2n) is 4.43. The van der Waals surface area contributed by atoms with E-state index in [0.717, 1.165) is 16.7 Å². The number of nitrogens with two attached hydrogens (primary N) is 1. The molecule has 0 amide bonds. The highest BCUT2D eigenvalue weighted by atomic mass is 32.1. The smallest absolute Gasteiger partial charge is 0.337 e. The van der Waals surface area contributed by atoms with Crippen LogP contribution in [0, 0.1) is 0 Å². The Labute approximate surface area is 133 Å².